The standard InChI is InChI=1S/C19H23N5OS/c1-12-10-13(2)20-18-15(12)8-9-16-22-23-19(24(16)18)26-11-17(25)21-14-6-4-3-5-7-14/h8-10,14H,3-7,11H2,1-2H3,(H,21,25). The summed E-state index contributed by atoms with van der Waals surface area (Å²) in [4.78, 5) is 17.0. The van der Waals surface area contributed by atoms with E-state index in [1.54, 1.807) is 0 Å². The molecule has 0 bridgehead atoms. The zero-order chi connectivity index (χ0) is 18.1. The van der Waals surface area contributed by atoms with Crippen molar-refractivity contribution in [3.63, 3.8) is 0 Å². The molecule has 3 aromatic rings. The third-order valence-corrected chi connectivity index (χ3v) is 5.87. The Morgan fingerprint density at radius 1 is 1.23 bits per heavy atom. The fourth-order valence-corrected chi connectivity index (χ4v) is 4.44. The molecule has 0 radical (unpaired) electrons. The highest BCUT2D eigenvalue weighted by atomic mass is 32.2. The number of nitrogens with one attached hydrogen (secondary N) is 1. The Kier molecular flexibility index (Phi) is 4.80. The van der Waals surface area contributed by atoms with Crippen LogP contribution in [0.5, 0.6) is 0 Å². The Labute approximate surface area is 156 Å². The molecule has 136 valence electrons. The predicted octanol–water partition coefficient (Wildman–Crippen LogP) is 3.44. The van der Waals surface area contributed by atoms with E-state index in [9.17, 15) is 4.79 Å². The first kappa shape index (κ1) is 17.3. The highest BCUT2D eigenvalue weighted by Gasteiger charge is 2.17. The number of amides is 1. The topological polar surface area (TPSA) is 72.2 Å². The van der Waals surface area contributed by atoms with Gasteiger partial charge in [-0.15, -0.1) is 10.2 Å². The van der Waals surface area contributed by atoms with Gasteiger partial charge in [0.15, 0.2) is 10.8 Å². The van der Waals surface area contributed by atoms with E-state index in [4.69, 9.17) is 0 Å². The van der Waals surface area contributed by atoms with E-state index in [1.165, 1.54) is 36.6 Å². The van der Waals surface area contributed by atoms with E-state index in [0.29, 0.717) is 17.0 Å². The van der Waals surface area contributed by atoms with Gasteiger partial charge in [-0.05, 0) is 50.5 Å². The minimum absolute atomic E-state index is 0.0687. The quantitative estimate of drug-likeness (QED) is 0.713. The highest BCUT2D eigenvalue weighted by molar-refractivity contribution is 7.99. The van der Waals surface area contributed by atoms with Crippen LogP contribution in [-0.4, -0.2) is 37.3 Å². The molecule has 0 spiro atoms. The molecule has 4 rings (SSSR count). The summed E-state index contributed by atoms with van der Waals surface area (Å²) in [6.07, 6.45) is 5.90. The fraction of sp³-hybridized carbons (Fsp3) is 0.474. The number of hydrogen-bond donors (Lipinski definition) is 1. The minimum Gasteiger partial charge on any atom is -0.353 e. The van der Waals surface area contributed by atoms with E-state index < -0.39 is 0 Å². The van der Waals surface area contributed by atoms with Crippen molar-refractivity contribution in [1.82, 2.24) is 24.9 Å². The molecule has 0 atom stereocenters. The van der Waals surface area contributed by atoms with E-state index in [0.717, 1.165) is 35.2 Å². The van der Waals surface area contributed by atoms with Crippen LogP contribution in [0.25, 0.3) is 16.7 Å². The average Bonchev–Trinajstić information content (AvgIpc) is 3.04. The normalized spacial score (nSPS) is 15.6. The number of nitrogens with zero attached hydrogens (tertiary/aromatic N) is 4. The Balaban J connectivity index is 1.56. The number of carbonyl (C=O) groups is 1. The van der Waals surface area contributed by atoms with Gasteiger partial charge in [0, 0.05) is 17.1 Å². The molecule has 3 heterocycles. The number of pyridine rings is 2. The molecular weight excluding hydrogens is 346 g/mol. The summed E-state index contributed by atoms with van der Waals surface area (Å²) in [6.45, 7) is 4.07. The number of carbonyl (C=O) groups excluding carboxylic acids is 1. The number of hydrogen-bond acceptors (Lipinski definition) is 5. The number of rotatable bonds is 4. The summed E-state index contributed by atoms with van der Waals surface area (Å²) in [7, 11) is 0. The molecule has 1 N–H and O–H groups in total. The van der Waals surface area contributed by atoms with Crippen molar-refractivity contribution in [3.8, 4) is 0 Å². The monoisotopic (exact) mass is 369 g/mol. The van der Waals surface area contributed by atoms with E-state index >= 15 is 0 Å². The first-order chi connectivity index (χ1) is 12.6. The molecule has 0 saturated heterocycles. The van der Waals surface area contributed by atoms with Crippen molar-refractivity contribution >= 4 is 34.3 Å². The van der Waals surface area contributed by atoms with Gasteiger partial charge in [-0.2, -0.15) is 0 Å². The summed E-state index contributed by atoms with van der Waals surface area (Å²) < 4.78 is 1.95. The molecule has 0 aromatic carbocycles. The Morgan fingerprint density at radius 3 is 2.85 bits per heavy atom. The summed E-state index contributed by atoms with van der Waals surface area (Å²) in [5.74, 6) is 0.414. The largest absolute Gasteiger partial charge is 0.353 e. The zero-order valence-corrected chi connectivity index (χ0v) is 16.0. The van der Waals surface area contributed by atoms with Gasteiger partial charge in [-0.25, -0.2) is 4.98 Å². The van der Waals surface area contributed by atoms with E-state index in [2.05, 4.69) is 33.5 Å². The summed E-state index contributed by atoms with van der Waals surface area (Å²) in [5.41, 5.74) is 3.74. The zero-order valence-electron chi connectivity index (χ0n) is 15.2. The molecule has 1 aliphatic rings. The highest BCUT2D eigenvalue weighted by Crippen LogP contribution is 2.24. The van der Waals surface area contributed by atoms with E-state index in [1.807, 2.05) is 23.5 Å². The second kappa shape index (κ2) is 7.23. The second-order valence-electron chi connectivity index (χ2n) is 7.02. The average molecular weight is 369 g/mol. The first-order valence-electron chi connectivity index (χ1n) is 9.16. The Bertz CT molecular complexity index is 961. The Morgan fingerprint density at radius 2 is 2.04 bits per heavy atom. The lowest BCUT2D eigenvalue weighted by Crippen LogP contribution is -2.37. The number of fused-ring (bicyclic) bond motifs is 3. The maximum absolute atomic E-state index is 12.3. The van der Waals surface area contributed by atoms with Gasteiger partial charge in [-0.1, -0.05) is 31.0 Å². The van der Waals surface area contributed by atoms with Gasteiger partial charge >= 0.3 is 0 Å². The molecule has 26 heavy (non-hydrogen) atoms. The van der Waals surface area contributed by atoms with Crippen molar-refractivity contribution in [1.29, 1.82) is 0 Å². The second-order valence-corrected chi connectivity index (χ2v) is 7.96. The molecule has 6 nitrogen and oxygen atoms in total. The van der Waals surface area contributed by atoms with Crippen LogP contribution in [0, 0.1) is 13.8 Å². The van der Waals surface area contributed by atoms with Crippen LogP contribution >= 0.6 is 11.8 Å². The SMILES string of the molecule is Cc1cc(C)c2ccc3nnc(SCC(=O)NC4CCCCC4)n3c2n1. The van der Waals surface area contributed by atoms with Crippen LogP contribution in [0.1, 0.15) is 43.4 Å². The molecular formula is C19H23N5OS. The van der Waals surface area contributed by atoms with Crippen LogP contribution in [0.2, 0.25) is 0 Å². The van der Waals surface area contributed by atoms with E-state index in [-0.39, 0.29) is 5.91 Å². The van der Waals surface area contributed by atoms with Gasteiger partial charge in [0.2, 0.25) is 5.91 Å². The molecule has 0 aliphatic heterocycles. The number of thioether (sulfide) groups is 1. The smallest absolute Gasteiger partial charge is 0.230 e. The van der Waals surface area contributed by atoms with Crippen molar-refractivity contribution in [2.75, 3.05) is 5.75 Å². The third kappa shape index (κ3) is 3.40. The molecule has 0 unspecified atom stereocenters. The molecule has 1 aliphatic carbocycles. The molecule has 1 saturated carbocycles. The van der Waals surface area contributed by atoms with Crippen LogP contribution in [-0.2, 0) is 4.79 Å². The van der Waals surface area contributed by atoms with Gasteiger partial charge < -0.3 is 5.32 Å². The fourth-order valence-electron chi connectivity index (χ4n) is 3.69. The van der Waals surface area contributed by atoms with Crippen molar-refractivity contribution in [3.05, 3.63) is 29.5 Å². The van der Waals surface area contributed by atoms with Gasteiger partial charge in [0.25, 0.3) is 0 Å². The number of aryl methyl sites for hydroxylation is 2. The minimum atomic E-state index is 0.0687. The van der Waals surface area contributed by atoms with Crippen LogP contribution < -0.4 is 5.32 Å². The van der Waals surface area contributed by atoms with Gasteiger partial charge in [0.05, 0.1) is 5.75 Å². The summed E-state index contributed by atoms with van der Waals surface area (Å²) in [6, 6.07) is 6.39. The number of aromatic nitrogens is 4. The lowest BCUT2D eigenvalue weighted by molar-refractivity contribution is -0.119. The summed E-state index contributed by atoms with van der Waals surface area (Å²) >= 11 is 1.42. The molecule has 1 fully saturated rings. The maximum Gasteiger partial charge on any atom is 0.230 e. The molecule has 3 aromatic heterocycles. The van der Waals surface area contributed by atoms with Crippen LogP contribution in [0.3, 0.4) is 0 Å². The van der Waals surface area contributed by atoms with Crippen molar-refractivity contribution < 1.29 is 4.79 Å². The molecule has 1 amide bonds. The Hall–Kier alpha value is -2.15. The van der Waals surface area contributed by atoms with Crippen LogP contribution in [0.4, 0.5) is 0 Å². The third-order valence-electron chi connectivity index (χ3n) is 4.95. The predicted molar refractivity (Wildman–Crippen MR) is 104 cm³/mol. The van der Waals surface area contributed by atoms with Gasteiger partial charge in [-0.3, -0.25) is 9.20 Å². The maximum atomic E-state index is 12.3. The summed E-state index contributed by atoms with van der Waals surface area (Å²) in [5, 5.41) is 13.5. The lowest BCUT2D eigenvalue weighted by Gasteiger charge is -2.22. The van der Waals surface area contributed by atoms with Crippen molar-refractivity contribution in [2.45, 2.75) is 57.1 Å². The van der Waals surface area contributed by atoms with Gasteiger partial charge in [0.1, 0.15) is 5.65 Å². The van der Waals surface area contributed by atoms with Crippen LogP contribution in [0.15, 0.2) is 23.4 Å². The molecule has 7 heteroatoms. The lowest BCUT2D eigenvalue weighted by atomic mass is 9.95. The first-order valence-corrected chi connectivity index (χ1v) is 10.1. The van der Waals surface area contributed by atoms with Crippen molar-refractivity contribution in [2.24, 2.45) is 0 Å².